The maximum Gasteiger partial charge on any atom is 0.123 e. The average Bonchev–Trinajstić information content (AvgIpc) is 2.20. The van der Waals surface area contributed by atoms with Crippen molar-refractivity contribution in [3.63, 3.8) is 0 Å². The van der Waals surface area contributed by atoms with E-state index < -0.39 is 0 Å². The number of nitrogens with two attached hydrogens (primary N) is 1. The fraction of sp³-hybridized carbons (Fsp3) is 0.500. The Labute approximate surface area is 90.9 Å². The van der Waals surface area contributed by atoms with Crippen molar-refractivity contribution in [2.24, 2.45) is 5.73 Å². The Kier molecular flexibility index (Phi) is 4.09. The summed E-state index contributed by atoms with van der Waals surface area (Å²) >= 11 is 0. The zero-order valence-electron chi connectivity index (χ0n) is 9.63. The van der Waals surface area contributed by atoms with E-state index in [9.17, 15) is 4.39 Å². The fourth-order valence-electron chi connectivity index (χ4n) is 1.81. The van der Waals surface area contributed by atoms with E-state index in [4.69, 9.17) is 5.73 Å². The van der Waals surface area contributed by atoms with Gasteiger partial charge < -0.3 is 10.6 Å². The molecule has 0 aliphatic carbocycles. The van der Waals surface area contributed by atoms with Crippen molar-refractivity contribution in [2.75, 3.05) is 11.4 Å². The summed E-state index contributed by atoms with van der Waals surface area (Å²) < 4.78 is 13.0. The minimum Gasteiger partial charge on any atom is -0.369 e. The van der Waals surface area contributed by atoms with E-state index in [0.717, 1.165) is 17.8 Å². The van der Waals surface area contributed by atoms with Gasteiger partial charge in [-0.05, 0) is 44.5 Å². The van der Waals surface area contributed by atoms with Crippen LogP contribution in [0.3, 0.4) is 0 Å². The van der Waals surface area contributed by atoms with Crippen molar-refractivity contribution in [1.29, 1.82) is 0 Å². The van der Waals surface area contributed by atoms with Gasteiger partial charge in [-0.2, -0.15) is 0 Å². The Balaban J connectivity index is 3.11. The van der Waals surface area contributed by atoms with Crippen molar-refractivity contribution >= 4 is 5.69 Å². The molecule has 0 atom stereocenters. The van der Waals surface area contributed by atoms with Gasteiger partial charge >= 0.3 is 0 Å². The minimum atomic E-state index is -0.223. The van der Waals surface area contributed by atoms with Crippen LogP contribution in [-0.4, -0.2) is 12.6 Å². The van der Waals surface area contributed by atoms with Crippen LogP contribution in [0.2, 0.25) is 0 Å². The molecule has 0 amide bonds. The van der Waals surface area contributed by atoms with Crippen molar-refractivity contribution in [3.8, 4) is 0 Å². The third-order valence-electron chi connectivity index (χ3n) is 2.53. The van der Waals surface area contributed by atoms with E-state index in [0.29, 0.717) is 12.6 Å². The van der Waals surface area contributed by atoms with Crippen LogP contribution in [0.4, 0.5) is 10.1 Å². The molecule has 0 saturated heterocycles. The quantitative estimate of drug-likeness (QED) is 0.827. The van der Waals surface area contributed by atoms with Gasteiger partial charge in [0.25, 0.3) is 0 Å². The topological polar surface area (TPSA) is 29.3 Å². The third kappa shape index (κ3) is 2.69. The highest BCUT2D eigenvalue weighted by atomic mass is 19.1. The third-order valence-corrected chi connectivity index (χ3v) is 2.53. The first-order valence-corrected chi connectivity index (χ1v) is 5.35. The van der Waals surface area contributed by atoms with Gasteiger partial charge in [-0.25, -0.2) is 4.39 Å². The molecule has 0 unspecified atom stereocenters. The van der Waals surface area contributed by atoms with Crippen LogP contribution in [0, 0.1) is 5.82 Å². The second-order valence-corrected chi connectivity index (χ2v) is 3.86. The number of rotatable bonds is 4. The molecule has 0 heterocycles. The zero-order valence-corrected chi connectivity index (χ0v) is 9.63. The lowest BCUT2D eigenvalue weighted by Gasteiger charge is -2.29. The Morgan fingerprint density at radius 1 is 1.40 bits per heavy atom. The van der Waals surface area contributed by atoms with Crippen LogP contribution in [0.1, 0.15) is 26.3 Å². The first-order chi connectivity index (χ1) is 7.10. The molecule has 0 radical (unpaired) electrons. The molecule has 1 rings (SSSR count). The van der Waals surface area contributed by atoms with E-state index >= 15 is 0 Å². The van der Waals surface area contributed by atoms with Crippen LogP contribution in [0.15, 0.2) is 18.2 Å². The number of hydrogen-bond donors (Lipinski definition) is 1. The standard InChI is InChI=1S/C12H19FN2/c1-4-15(9(2)3)12-6-5-11(13)7-10(12)8-14/h5-7,9H,4,8,14H2,1-3H3. The molecular formula is C12H19FN2. The lowest BCUT2D eigenvalue weighted by molar-refractivity contribution is 0.623. The van der Waals surface area contributed by atoms with E-state index in [1.165, 1.54) is 12.1 Å². The molecule has 0 aliphatic rings. The fourth-order valence-corrected chi connectivity index (χ4v) is 1.81. The molecular weight excluding hydrogens is 191 g/mol. The van der Waals surface area contributed by atoms with Crippen molar-refractivity contribution in [1.82, 2.24) is 0 Å². The molecule has 3 heteroatoms. The molecule has 84 valence electrons. The largest absolute Gasteiger partial charge is 0.369 e. The number of halogens is 1. The van der Waals surface area contributed by atoms with Crippen LogP contribution >= 0.6 is 0 Å². The Morgan fingerprint density at radius 2 is 2.07 bits per heavy atom. The van der Waals surface area contributed by atoms with Gasteiger partial charge in [-0.3, -0.25) is 0 Å². The Hall–Kier alpha value is -1.09. The SMILES string of the molecule is CCN(c1ccc(F)cc1CN)C(C)C. The zero-order chi connectivity index (χ0) is 11.4. The summed E-state index contributed by atoms with van der Waals surface area (Å²) in [5.74, 6) is -0.223. The molecule has 0 aromatic heterocycles. The Morgan fingerprint density at radius 3 is 2.53 bits per heavy atom. The molecule has 0 bridgehead atoms. The predicted octanol–water partition coefficient (Wildman–Crippen LogP) is 2.52. The summed E-state index contributed by atoms with van der Waals surface area (Å²) in [6, 6.07) is 5.20. The van der Waals surface area contributed by atoms with Crippen molar-refractivity contribution in [3.05, 3.63) is 29.6 Å². The van der Waals surface area contributed by atoms with Gasteiger partial charge in [0.2, 0.25) is 0 Å². The Bertz CT molecular complexity index is 323. The molecule has 0 saturated carbocycles. The highest BCUT2D eigenvalue weighted by Crippen LogP contribution is 2.23. The summed E-state index contributed by atoms with van der Waals surface area (Å²) in [5, 5.41) is 0. The van der Waals surface area contributed by atoms with Gasteiger partial charge in [0.05, 0.1) is 0 Å². The highest BCUT2D eigenvalue weighted by molar-refractivity contribution is 5.54. The van der Waals surface area contributed by atoms with Gasteiger partial charge in [0.1, 0.15) is 5.82 Å². The number of anilines is 1. The minimum absolute atomic E-state index is 0.223. The molecule has 0 aliphatic heterocycles. The van der Waals surface area contributed by atoms with E-state index in [1.54, 1.807) is 6.07 Å². The van der Waals surface area contributed by atoms with Gasteiger partial charge in [-0.1, -0.05) is 0 Å². The first kappa shape index (κ1) is 12.0. The monoisotopic (exact) mass is 210 g/mol. The van der Waals surface area contributed by atoms with Crippen molar-refractivity contribution < 1.29 is 4.39 Å². The summed E-state index contributed by atoms with van der Waals surface area (Å²) in [5.41, 5.74) is 7.52. The normalized spacial score (nSPS) is 10.8. The van der Waals surface area contributed by atoms with E-state index in [-0.39, 0.29) is 5.82 Å². The van der Waals surface area contributed by atoms with Gasteiger partial charge in [-0.15, -0.1) is 0 Å². The first-order valence-electron chi connectivity index (χ1n) is 5.35. The number of nitrogens with zero attached hydrogens (tertiary/aromatic N) is 1. The number of benzene rings is 1. The molecule has 1 aromatic carbocycles. The maximum absolute atomic E-state index is 13.0. The van der Waals surface area contributed by atoms with E-state index in [2.05, 4.69) is 25.7 Å². The lowest BCUT2D eigenvalue weighted by Crippen LogP contribution is -2.31. The molecule has 2 nitrogen and oxygen atoms in total. The molecule has 0 fully saturated rings. The highest BCUT2D eigenvalue weighted by Gasteiger charge is 2.12. The second kappa shape index (κ2) is 5.12. The molecule has 0 spiro atoms. The second-order valence-electron chi connectivity index (χ2n) is 3.86. The summed E-state index contributed by atoms with van der Waals surface area (Å²) in [6.45, 7) is 7.59. The van der Waals surface area contributed by atoms with Gasteiger partial charge in [0, 0.05) is 24.8 Å². The lowest BCUT2D eigenvalue weighted by atomic mass is 10.1. The van der Waals surface area contributed by atoms with Crippen LogP contribution in [0.25, 0.3) is 0 Å². The number of hydrogen-bond acceptors (Lipinski definition) is 2. The predicted molar refractivity (Wildman–Crippen MR) is 62.4 cm³/mol. The molecule has 15 heavy (non-hydrogen) atoms. The van der Waals surface area contributed by atoms with Gasteiger partial charge in [0.15, 0.2) is 0 Å². The van der Waals surface area contributed by atoms with Crippen molar-refractivity contribution in [2.45, 2.75) is 33.4 Å². The molecule has 1 aromatic rings. The van der Waals surface area contributed by atoms with E-state index in [1.807, 2.05) is 0 Å². The smallest absolute Gasteiger partial charge is 0.123 e. The summed E-state index contributed by atoms with van der Waals surface area (Å²) in [6.07, 6.45) is 0. The summed E-state index contributed by atoms with van der Waals surface area (Å²) in [7, 11) is 0. The maximum atomic E-state index is 13.0. The van der Waals surface area contributed by atoms with Crippen LogP contribution in [0.5, 0.6) is 0 Å². The summed E-state index contributed by atoms with van der Waals surface area (Å²) in [4.78, 5) is 2.21. The van der Waals surface area contributed by atoms with Crippen LogP contribution < -0.4 is 10.6 Å². The average molecular weight is 210 g/mol. The molecule has 2 N–H and O–H groups in total. The van der Waals surface area contributed by atoms with Crippen LogP contribution in [-0.2, 0) is 6.54 Å².